The summed E-state index contributed by atoms with van der Waals surface area (Å²) >= 11 is 12.2. The van der Waals surface area contributed by atoms with Crippen LogP contribution in [-0.4, -0.2) is 33.1 Å². The number of sulfonamides is 1. The number of nitrogens with one attached hydrogen (secondary N) is 1. The molecule has 1 fully saturated rings. The van der Waals surface area contributed by atoms with Crippen LogP contribution in [0.15, 0.2) is 36.4 Å². The molecule has 1 N–H and O–H groups in total. The lowest BCUT2D eigenvalue weighted by Crippen LogP contribution is -2.33. The van der Waals surface area contributed by atoms with E-state index in [1.54, 1.807) is 26.0 Å². The summed E-state index contributed by atoms with van der Waals surface area (Å²) in [4.78, 5) is 25.3. The molecule has 2 amide bonds. The second-order valence-electron chi connectivity index (χ2n) is 7.18. The van der Waals surface area contributed by atoms with Crippen LogP contribution >= 0.6 is 23.2 Å². The molecule has 2 aromatic rings. The van der Waals surface area contributed by atoms with Crippen LogP contribution < -0.4 is 14.4 Å². The average Bonchev–Trinajstić information content (AvgIpc) is 2.78. The van der Waals surface area contributed by atoms with Gasteiger partial charge >= 0.3 is 0 Å². The molecule has 3 rings (SSSR count). The Hall–Kier alpha value is -2.29. The maximum atomic E-state index is 12.6. The fourth-order valence-electron chi connectivity index (χ4n) is 3.00. The van der Waals surface area contributed by atoms with Gasteiger partial charge in [-0.3, -0.25) is 9.59 Å². The zero-order chi connectivity index (χ0) is 21.6. The molecule has 0 bridgehead atoms. The number of carbonyl (C=O) groups is 2. The monoisotopic (exact) mass is 456 g/mol. The summed E-state index contributed by atoms with van der Waals surface area (Å²) in [6.45, 7) is 3.09. The van der Waals surface area contributed by atoms with E-state index in [2.05, 4.69) is 5.32 Å². The van der Waals surface area contributed by atoms with E-state index >= 15 is 0 Å². The Balaban J connectivity index is 1.94. The van der Waals surface area contributed by atoms with Crippen molar-refractivity contribution in [3.63, 3.8) is 0 Å². The van der Waals surface area contributed by atoms with E-state index in [-0.39, 0.29) is 22.0 Å². The predicted octanol–water partition coefficient (Wildman–Crippen LogP) is 3.96. The summed E-state index contributed by atoms with van der Waals surface area (Å²) in [5, 5.41) is 3.02. The number of methoxy groups -OCH3 is 1. The first-order valence-corrected chi connectivity index (χ1v) is 10.8. The van der Waals surface area contributed by atoms with Gasteiger partial charge in [-0.25, -0.2) is 12.7 Å². The third-order valence-corrected chi connectivity index (χ3v) is 7.04. The van der Waals surface area contributed by atoms with Crippen molar-refractivity contribution in [2.24, 2.45) is 5.41 Å². The van der Waals surface area contributed by atoms with Crippen molar-refractivity contribution in [2.45, 2.75) is 13.8 Å². The highest BCUT2D eigenvalue weighted by molar-refractivity contribution is 7.94. The number of nitrogens with zero attached hydrogens (tertiary/aromatic N) is 1. The van der Waals surface area contributed by atoms with Gasteiger partial charge in [-0.15, -0.1) is 0 Å². The zero-order valence-electron chi connectivity index (χ0n) is 15.8. The van der Waals surface area contributed by atoms with Gasteiger partial charge in [0.2, 0.25) is 15.9 Å². The number of rotatable bonds is 4. The number of halogens is 2. The van der Waals surface area contributed by atoms with Crippen molar-refractivity contribution in [3.05, 3.63) is 52.0 Å². The molecule has 1 heterocycles. The third-order valence-electron chi connectivity index (χ3n) is 4.42. The lowest BCUT2D eigenvalue weighted by Gasteiger charge is -2.19. The van der Waals surface area contributed by atoms with Gasteiger partial charge in [0.15, 0.2) is 0 Å². The fourth-order valence-corrected chi connectivity index (χ4v) is 5.62. The smallest absolute Gasteiger partial charge is 0.255 e. The van der Waals surface area contributed by atoms with Crippen LogP contribution in [0.3, 0.4) is 0 Å². The third kappa shape index (κ3) is 4.05. The normalized spacial score (nSPS) is 17.3. The van der Waals surface area contributed by atoms with Crippen LogP contribution in [0, 0.1) is 5.41 Å². The molecule has 1 aliphatic rings. The standard InChI is InChI=1S/C19H18Cl2N2O5S/c1-19(2)10-29(26,27)23(18(19)25)15-8-11(4-6-13(15)20)17(24)22-12-5-7-16(28-3)14(21)9-12/h4-9H,10H2,1-3H3,(H,22,24). The molecule has 0 unspecified atom stereocenters. The lowest BCUT2D eigenvalue weighted by molar-refractivity contribution is -0.123. The van der Waals surface area contributed by atoms with E-state index in [1.807, 2.05) is 0 Å². The number of hydrogen-bond donors (Lipinski definition) is 1. The van der Waals surface area contributed by atoms with Gasteiger partial charge < -0.3 is 10.1 Å². The van der Waals surface area contributed by atoms with Gasteiger partial charge in [0, 0.05) is 11.3 Å². The molecule has 1 saturated heterocycles. The topological polar surface area (TPSA) is 92.8 Å². The van der Waals surface area contributed by atoms with Crippen LogP contribution in [-0.2, 0) is 14.8 Å². The molecule has 0 radical (unpaired) electrons. The van der Waals surface area contributed by atoms with Crippen LogP contribution in [0.2, 0.25) is 10.0 Å². The first-order chi connectivity index (χ1) is 13.5. The quantitative estimate of drug-likeness (QED) is 0.751. The maximum Gasteiger partial charge on any atom is 0.255 e. The molecule has 0 aliphatic carbocycles. The van der Waals surface area contributed by atoms with Crippen LogP contribution in [0.25, 0.3) is 0 Å². The average molecular weight is 457 g/mol. The van der Waals surface area contributed by atoms with Crippen molar-refractivity contribution >= 4 is 56.4 Å². The maximum absolute atomic E-state index is 12.6. The largest absolute Gasteiger partial charge is 0.495 e. The van der Waals surface area contributed by atoms with E-state index in [1.165, 1.54) is 31.4 Å². The predicted molar refractivity (Wildman–Crippen MR) is 112 cm³/mol. The summed E-state index contributed by atoms with van der Waals surface area (Å²) in [6.07, 6.45) is 0. The second kappa shape index (κ2) is 7.51. The number of hydrogen-bond acceptors (Lipinski definition) is 5. The molecule has 7 nitrogen and oxygen atoms in total. The van der Waals surface area contributed by atoms with Crippen LogP contribution in [0.4, 0.5) is 11.4 Å². The highest BCUT2D eigenvalue weighted by Crippen LogP contribution is 2.39. The molecule has 10 heteroatoms. The number of amides is 2. The van der Waals surface area contributed by atoms with E-state index in [4.69, 9.17) is 27.9 Å². The minimum absolute atomic E-state index is 0.0451. The molecule has 0 atom stereocenters. The molecule has 29 heavy (non-hydrogen) atoms. The Kier molecular flexibility index (Phi) is 5.55. The van der Waals surface area contributed by atoms with Crippen molar-refractivity contribution in [3.8, 4) is 5.75 Å². The SMILES string of the molecule is COc1ccc(NC(=O)c2ccc(Cl)c(N3C(=O)C(C)(C)CS3(=O)=O)c2)cc1Cl. The van der Waals surface area contributed by atoms with E-state index < -0.39 is 27.3 Å². The highest BCUT2D eigenvalue weighted by Gasteiger charge is 2.50. The Labute approximate surface area is 178 Å². The minimum atomic E-state index is -3.90. The van der Waals surface area contributed by atoms with Gasteiger partial charge in [-0.05, 0) is 50.2 Å². The van der Waals surface area contributed by atoms with E-state index in [0.717, 1.165) is 0 Å². The minimum Gasteiger partial charge on any atom is -0.495 e. The zero-order valence-corrected chi connectivity index (χ0v) is 18.2. The molecule has 0 saturated carbocycles. The Morgan fingerprint density at radius 2 is 1.83 bits per heavy atom. The number of carbonyl (C=O) groups excluding carboxylic acids is 2. The molecule has 1 aliphatic heterocycles. The number of benzene rings is 2. The van der Waals surface area contributed by atoms with E-state index in [0.29, 0.717) is 20.8 Å². The number of ether oxygens (including phenoxy) is 1. The molecule has 0 aromatic heterocycles. The number of anilines is 2. The lowest BCUT2D eigenvalue weighted by atomic mass is 9.95. The summed E-state index contributed by atoms with van der Waals surface area (Å²) in [6, 6.07) is 8.82. The summed E-state index contributed by atoms with van der Waals surface area (Å²) in [7, 11) is -2.42. The van der Waals surface area contributed by atoms with Gasteiger partial charge in [0.25, 0.3) is 5.91 Å². The Morgan fingerprint density at radius 3 is 2.38 bits per heavy atom. The van der Waals surface area contributed by atoms with Crippen molar-refractivity contribution in [1.82, 2.24) is 0 Å². The van der Waals surface area contributed by atoms with Gasteiger partial charge in [-0.2, -0.15) is 0 Å². The molecular formula is C19H18Cl2N2O5S. The van der Waals surface area contributed by atoms with Crippen molar-refractivity contribution in [1.29, 1.82) is 0 Å². The fraction of sp³-hybridized carbons (Fsp3) is 0.263. The van der Waals surface area contributed by atoms with Crippen LogP contribution in [0.1, 0.15) is 24.2 Å². The second-order valence-corrected chi connectivity index (χ2v) is 9.81. The highest BCUT2D eigenvalue weighted by atomic mass is 35.5. The first kappa shape index (κ1) is 21.4. The molecule has 2 aromatic carbocycles. The Morgan fingerprint density at radius 1 is 1.14 bits per heavy atom. The molecule has 0 spiro atoms. The van der Waals surface area contributed by atoms with Crippen molar-refractivity contribution < 1.29 is 22.7 Å². The summed E-state index contributed by atoms with van der Waals surface area (Å²) in [5.74, 6) is -0.999. The summed E-state index contributed by atoms with van der Waals surface area (Å²) < 4.78 is 30.8. The van der Waals surface area contributed by atoms with Gasteiger partial charge in [0.1, 0.15) is 5.75 Å². The van der Waals surface area contributed by atoms with Gasteiger partial charge in [0.05, 0.1) is 34.0 Å². The van der Waals surface area contributed by atoms with Crippen molar-refractivity contribution in [2.75, 3.05) is 22.5 Å². The summed E-state index contributed by atoms with van der Waals surface area (Å²) in [5.41, 5.74) is -0.588. The first-order valence-electron chi connectivity index (χ1n) is 8.48. The van der Waals surface area contributed by atoms with Crippen LogP contribution in [0.5, 0.6) is 5.75 Å². The van der Waals surface area contributed by atoms with Gasteiger partial charge in [-0.1, -0.05) is 23.2 Å². The molecular weight excluding hydrogens is 439 g/mol. The van der Waals surface area contributed by atoms with E-state index in [9.17, 15) is 18.0 Å². The Bertz CT molecular complexity index is 1120. The molecule has 154 valence electrons.